The lowest BCUT2D eigenvalue weighted by molar-refractivity contribution is 0.468. The number of anilines is 1. The van der Waals surface area contributed by atoms with Gasteiger partial charge in [0.15, 0.2) is 0 Å². The van der Waals surface area contributed by atoms with Crippen molar-refractivity contribution >= 4 is 29.0 Å². The summed E-state index contributed by atoms with van der Waals surface area (Å²) in [5, 5.41) is 0.886. The number of hydrogen-bond donors (Lipinski definition) is 1. The van der Waals surface area contributed by atoms with Crippen LogP contribution in [0.1, 0.15) is 0 Å². The van der Waals surface area contributed by atoms with E-state index in [0.717, 1.165) is 10.9 Å². The van der Waals surface area contributed by atoms with Crippen LogP contribution in [0.3, 0.4) is 0 Å². The number of hydrogen-bond acceptors (Lipinski definition) is 4. The zero-order chi connectivity index (χ0) is 12.4. The van der Waals surface area contributed by atoms with Crippen molar-refractivity contribution in [3.8, 4) is 11.6 Å². The number of nitrogens with zero attached hydrogens (tertiary/aromatic N) is 2. The molecule has 0 aliphatic heterocycles. The SMILES string of the molecule is Cl.Nc1ccc(Oc2ncnc3ccccc23)cc1. The highest BCUT2D eigenvalue weighted by atomic mass is 35.5. The zero-order valence-corrected chi connectivity index (χ0v) is 10.8. The lowest BCUT2D eigenvalue weighted by Crippen LogP contribution is -1.91. The average Bonchev–Trinajstić information content (AvgIpc) is 2.42. The number of benzene rings is 2. The first-order valence-corrected chi connectivity index (χ1v) is 5.56. The summed E-state index contributed by atoms with van der Waals surface area (Å²) in [5.41, 5.74) is 7.19. The van der Waals surface area contributed by atoms with E-state index in [9.17, 15) is 0 Å². The Hall–Kier alpha value is -2.33. The molecular weight excluding hydrogens is 262 g/mol. The van der Waals surface area contributed by atoms with Gasteiger partial charge >= 0.3 is 0 Å². The molecule has 1 aromatic heterocycles. The molecule has 96 valence electrons. The van der Waals surface area contributed by atoms with Crippen molar-refractivity contribution in [1.29, 1.82) is 0 Å². The van der Waals surface area contributed by atoms with Crippen LogP contribution in [0.5, 0.6) is 11.6 Å². The number of ether oxygens (including phenoxy) is 1. The van der Waals surface area contributed by atoms with E-state index in [2.05, 4.69) is 9.97 Å². The first kappa shape index (κ1) is 13.1. The molecule has 0 radical (unpaired) electrons. The van der Waals surface area contributed by atoms with Crippen molar-refractivity contribution < 1.29 is 4.74 Å². The average molecular weight is 274 g/mol. The molecule has 4 nitrogen and oxygen atoms in total. The normalized spacial score (nSPS) is 9.89. The minimum atomic E-state index is 0. The molecule has 0 saturated carbocycles. The van der Waals surface area contributed by atoms with Gasteiger partial charge in [0.2, 0.25) is 5.88 Å². The molecule has 0 atom stereocenters. The summed E-state index contributed by atoms with van der Waals surface area (Å²) in [7, 11) is 0. The smallest absolute Gasteiger partial charge is 0.230 e. The number of nitrogens with two attached hydrogens (primary N) is 1. The molecule has 0 aliphatic rings. The van der Waals surface area contributed by atoms with Crippen molar-refractivity contribution in [1.82, 2.24) is 9.97 Å². The highest BCUT2D eigenvalue weighted by Gasteiger charge is 2.04. The highest BCUT2D eigenvalue weighted by Crippen LogP contribution is 2.26. The second kappa shape index (κ2) is 5.54. The maximum Gasteiger partial charge on any atom is 0.230 e. The Morgan fingerprint density at radius 3 is 2.42 bits per heavy atom. The Balaban J connectivity index is 0.00000133. The van der Waals surface area contributed by atoms with Crippen molar-refractivity contribution in [2.75, 3.05) is 5.73 Å². The zero-order valence-electron chi connectivity index (χ0n) is 9.98. The topological polar surface area (TPSA) is 61.0 Å². The van der Waals surface area contributed by atoms with Gasteiger partial charge in [-0.3, -0.25) is 0 Å². The molecule has 2 N–H and O–H groups in total. The Morgan fingerprint density at radius 2 is 1.63 bits per heavy atom. The fourth-order valence-corrected chi connectivity index (χ4v) is 1.71. The maximum atomic E-state index is 5.74. The van der Waals surface area contributed by atoms with Gasteiger partial charge in [-0.1, -0.05) is 12.1 Å². The number of aromatic nitrogens is 2. The number of fused-ring (bicyclic) bond motifs is 1. The molecule has 0 fully saturated rings. The first-order valence-electron chi connectivity index (χ1n) is 5.56. The summed E-state index contributed by atoms with van der Waals surface area (Å²) in [6, 6.07) is 14.9. The fourth-order valence-electron chi connectivity index (χ4n) is 1.71. The monoisotopic (exact) mass is 273 g/mol. The van der Waals surface area contributed by atoms with E-state index in [4.69, 9.17) is 10.5 Å². The molecule has 0 saturated heterocycles. The summed E-state index contributed by atoms with van der Waals surface area (Å²) in [6.07, 6.45) is 1.50. The van der Waals surface area contributed by atoms with E-state index in [1.54, 1.807) is 12.1 Å². The molecule has 5 heteroatoms. The number of rotatable bonds is 2. The van der Waals surface area contributed by atoms with E-state index in [1.807, 2.05) is 36.4 Å². The van der Waals surface area contributed by atoms with Crippen LogP contribution in [0.2, 0.25) is 0 Å². The molecule has 0 unspecified atom stereocenters. The minimum Gasteiger partial charge on any atom is -0.438 e. The van der Waals surface area contributed by atoms with Crippen molar-refractivity contribution in [3.05, 3.63) is 54.9 Å². The fraction of sp³-hybridized carbons (Fsp3) is 0. The van der Waals surface area contributed by atoms with Crippen LogP contribution in [-0.4, -0.2) is 9.97 Å². The standard InChI is InChI=1S/C14H11N3O.ClH/c15-10-5-7-11(8-6-10)18-14-12-3-1-2-4-13(12)16-9-17-14;/h1-9H,15H2;1H. The molecule has 3 aromatic rings. The third kappa shape index (κ3) is 2.74. The van der Waals surface area contributed by atoms with Gasteiger partial charge in [0, 0.05) is 5.69 Å². The largest absolute Gasteiger partial charge is 0.438 e. The predicted octanol–water partition coefficient (Wildman–Crippen LogP) is 3.43. The van der Waals surface area contributed by atoms with E-state index in [0.29, 0.717) is 17.3 Å². The van der Waals surface area contributed by atoms with Crippen LogP contribution in [-0.2, 0) is 0 Å². The van der Waals surface area contributed by atoms with Crippen LogP contribution in [0, 0.1) is 0 Å². The Labute approximate surface area is 116 Å². The van der Waals surface area contributed by atoms with Gasteiger partial charge in [-0.2, -0.15) is 0 Å². The van der Waals surface area contributed by atoms with Gasteiger partial charge in [0.1, 0.15) is 12.1 Å². The molecular formula is C14H12ClN3O. The van der Waals surface area contributed by atoms with E-state index in [1.165, 1.54) is 6.33 Å². The quantitative estimate of drug-likeness (QED) is 0.727. The van der Waals surface area contributed by atoms with Crippen molar-refractivity contribution in [2.45, 2.75) is 0 Å². The van der Waals surface area contributed by atoms with Gasteiger partial charge in [-0.15, -0.1) is 12.4 Å². The van der Waals surface area contributed by atoms with E-state index < -0.39 is 0 Å². The molecule has 1 heterocycles. The second-order valence-corrected chi connectivity index (χ2v) is 3.87. The van der Waals surface area contributed by atoms with E-state index in [-0.39, 0.29) is 12.4 Å². The third-order valence-electron chi connectivity index (χ3n) is 2.60. The van der Waals surface area contributed by atoms with Gasteiger partial charge in [0.05, 0.1) is 10.9 Å². The van der Waals surface area contributed by atoms with Crippen LogP contribution >= 0.6 is 12.4 Å². The van der Waals surface area contributed by atoms with Crippen LogP contribution in [0.15, 0.2) is 54.9 Å². The molecule has 0 aliphatic carbocycles. The molecule has 19 heavy (non-hydrogen) atoms. The molecule has 2 aromatic carbocycles. The highest BCUT2D eigenvalue weighted by molar-refractivity contribution is 5.85. The lowest BCUT2D eigenvalue weighted by Gasteiger charge is -2.07. The second-order valence-electron chi connectivity index (χ2n) is 3.87. The van der Waals surface area contributed by atoms with Crippen LogP contribution in [0.25, 0.3) is 10.9 Å². The minimum absolute atomic E-state index is 0. The third-order valence-corrected chi connectivity index (χ3v) is 2.60. The summed E-state index contributed by atoms with van der Waals surface area (Å²) < 4.78 is 5.74. The Morgan fingerprint density at radius 1 is 0.895 bits per heavy atom. The van der Waals surface area contributed by atoms with Crippen LogP contribution in [0.4, 0.5) is 5.69 Å². The Kier molecular flexibility index (Phi) is 3.82. The maximum absolute atomic E-state index is 5.74. The summed E-state index contributed by atoms with van der Waals surface area (Å²) >= 11 is 0. The summed E-state index contributed by atoms with van der Waals surface area (Å²) in [6.45, 7) is 0. The van der Waals surface area contributed by atoms with Gasteiger partial charge in [-0.25, -0.2) is 9.97 Å². The molecule has 3 rings (SSSR count). The van der Waals surface area contributed by atoms with Gasteiger partial charge in [-0.05, 0) is 36.4 Å². The van der Waals surface area contributed by atoms with Crippen LogP contribution < -0.4 is 10.5 Å². The van der Waals surface area contributed by atoms with Crippen molar-refractivity contribution in [3.63, 3.8) is 0 Å². The number of nitrogen functional groups attached to an aromatic ring is 1. The summed E-state index contributed by atoms with van der Waals surface area (Å²) in [4.78, 5) is 8.35. The molecule has 0 bridgehead atoms. The number of para-hydroxylation sites is 1. The molecule has 0 amide bonds. The van der Waals surface area contributed by atoms with E-state index >= 15 is 0 Å². The predicted molar refractivity (Wildman–Crippen MR) is 77.7 cm³/mol. The van der Waals surface area contributed by atoms with Gasteiger partial charge < -0.3 is 10.5 Å². The summed E-state index contributed by atoms with van der Waals surface area (Å²) in [5.74, 6) is 1.25. The van der Waals surface area contributed by atoms with Gasteiger partial charge in [0.25, 0.3) is 0 Å². The van der Waals surface area contributed by atoms with Crippen molar-refractivity contribution in [2.24, 2.45) is 0 Å². The Bertz CT molecular complexity index is 680. The number of halogens is 1. The first-order chi connectivity index (χ1) is 8.83. The lowest BCUT2D eigenvalue weighted by atomic mass is 10.2. The molecule has 0 spiro atoms.